The van der Waals surface area contributed by atoms with Gasteiger partial charge in [-0.15, -0.1) is 12.4 Å². The fraction of sp³-hybridized carbons (Fsp3) is 0.923. The highest BCUT2D eigenvalue weighted by Crippen LogP contribution is 2.43. The molecule has 0 atom stereocenters. The van der Waals surface area contributed by atoms with Crippen molar-refractivity contribution in [3.63, 3.8) is 0 Å². The zero-order valence-electron chi connectivity index (χ0n) is 12.1. The summed E-state index contributed by atoms with van der Waals surface area (Å²) in [5.41, 5.74) is -1.43. The quantitative estimate of drug-likeness (QED) is 0.711. The van der Waals surface area contributed by atoms with Crippen molar-refractivity contribution in [3.05, 3.63) is 0 Å². The van der Waals surface area contributed by atoms with Gasteiger partial charge < -0.3 is 15.4 Å². The van der Waals surface area contributed by atoms with Crippen LogP contribution in [0, 0.1) is 0 Å². The van der Waals surface area contributed by atoms with E-state index in [-0.39, 0.29) is 29.4 Å². The van der Waals surface area contributed by atoms with Crippen molar-refractivity contribution in [1.82, 2.24) is 10.6 Å². The van der Waals surface area contributed by atoms with Gasteiger partial charge >= 0.3 is 0 Å². The van der Waals surface area contributed by atoms with E-state index in [2.05, 4.69) is 38.3 Å². The van der Waals surface area contributed by atoms with Crippen LogP contribution in [0.4, 0.5) is 0 Å². The lowest BCUT2D eigenvalue weighted by Crippen LogP contribution is -2.65. The van der Waals surface area contributed by atoms with E-state index in [9.17, 15) is 4.79 Å². The second-order valence-corrected chi connectivity index (χ2v) is 7.31. The molecule has 0 unspecified atom stereocenters. The molecule has 18 heavy (non-hydrogen) atoms. The molecule has 2 rings (SSSR count). The maximum absolute atomic E-state index is 12.3. The van der Waals surface area contributed by atoms with Crippen molar-refractivity contribution in [1.29, 1.82) is 0 Å². The topological polar surface area (TPSA) is 50.4 Å². The first kappa shape index (κ1) is 15.7. The maximum atomic E-state index is 12.3. The van der Waals surface area contributed by atoms with Crippen molar-refractivity contribution in [2.45, 2.75) is 76.8 Å². The van der Waals surface area contributed by atoms with E-state index >= 15 is 0 Å². The van der Waals surface area contributed by atoms with Crippen LogP contribution in [-0.2, 0) is 9.53 Å². The Hall–Kier alpha value is -0.320. The molecule has 0 bridgehead atoms. The van der Waals surface area contributed by atoms with Crippen molar-refractivity contribution >= 4 is 18.3 Å². The number of carbonyl (C=O) groups excluding carboxylic acids is 1. The molecular weight excluding hydrogens is 252 g/mol. The van der Waals surface area contributed by atoms with Gasteiger partial charge in [0.1, 0.15) is 5.72 Å². The SMILES string of the molecule is CC1(C)CC2(CC(C)(C)N1)OC(C)(C)NC2=O.Cl. The summed E-state index contributed by atoms with van der Waals surface area (Å²) in [7, 11) is 0. The molecule has 106 valence electrons. The third kappa shape index (κ3) is 2.81. The van der Waals surface area contributed by atoms with Gasteiger partial charge in [-0.05, 0) is 41.5 Å². The molecule has 5 heteroatoms. The molecule has 0 saturated carbocycles. The first-order chi connectivity index (χ1) is 7.46. The monoisotopic (exact) mass is 276 g/mol. The van der Waals surface area contributed by atoms with Gasteiger partial charge in [-0.3, -0.25) is 4.79 Å². The number of ether oxygens (including phenoxy) is 1. The molecule has 2 saturated heterocycles. The fourth-order valence-corrected chi connectivity index (χ4v) is 3.68. The zero-order valence-corrected chi connectivity index (χ0v) is 13.0. The predicted molar refractivity (Wildman–Crippen MR) is 73.8 cm³/mol. The summed E-state index contributed by atoms with van der Waals surface area (Å²) in [6.45, 7) is 12.3. The molecule has 0 aromatic rings. The second-order valence-electron chi connectivity index (χ2n) is 7.31. The zero-order chi connectivity index (χ0) is 13.1. The molecule has 1 spiro atoms. The molecule has 2 N–H and O–H groups in total. The lowest BCUT2D eigenvalue weighted by molar-refractivity contribution is -0.155. The van der Waals surface area contributed by atoms with Crippen molar-refractivity contribution in [2.24, 2.45) is 0 Å². The summed E-state index contributed by atoms with van der Waals surface area (Å²) in [6, 6.07) is 0. The normalized spacial score (nSPS) is 30.7. The highest BCUT2D eigenvalue weighted by molar-refractivity contribution is 5.88. The van der Waals surface area contributed by atoms with Gasteiger partial charge in [0.15, 0.2) is 5.60 Å². The summed E-state index contributed by atoms with van der Waals surface area (Å²) in [4.78, 5) is 12.3. The van der Waals surface area contributed by atoms with Crippen molar-refractivity contribution in [2.75, 3.05) is 0 Å². The first-order valence-electron chi connectivity index (χ1n) is 6.28. The number of carbonyl (C=O) groups is 1. The Balaban J connectivity index is 0.00000162. The van der Waals surface area contributed by atoms with E-state index in [0.717, 1.165) is 0 Å². The van der Waals surface area contributed by atoms with E-state index in [1.807, 2.05) is 13.8 Å². The lowest BCUT2D eigenvalue weighted by Gasteiger charge is -2.50. The Morgan fingerprint density at radius 3 is 1.78 bits per heavy atom. The minimum Gasteiger partial charge on any atom is -0.340 e. The van der Waals surface area contributed by atoms with E-state index in [0.29, 0.717) is 12.8 Å². The van der Waals surface area contributed by atoms with Gasteiger partial charge in [-0.1, -0.05) is 0 Å². The smallest absolute Gasteiger partial charge is 0.254 e. The highest BCUT2D eigenvalue weighted by Gasteiger charge is 2.58. The van der Waals surface area contributed by atoms with Crippen LogP contribution in [0.1, 0.15) is 54.4 Å². The van der Waals surface area contributed by atoms with Gasteiger partial charge in [0.2, 0.25) is 0 Å². The van der Waals surface area contributed by atoms with Crippen LogP contribution >= 0.6 is 12.4 Å². The third-order valence-corrected chi connectivity index (χ3v) is 3.41. The van der Waals surface area contributed by atoms with Crippen LogP contribution in [-0.4, -0.2) is 28.3 Å². The number of rotatable bonds is 0. The molecule has 1 amide bonds. The van der Waals surface area contributed by atoms with Gasteiger partial charge in [0.05, 0.1) is 0 Å². The minimum absolute atomic E-state index is 0. The van der Waals surface area contributed by atoms with Crippen molar-refractivity contribution < 1.29 is 9.53 Å². The van der Waals surface area contributed by atoms with Crippen molar-refractivity contribution in [3.8, 4) is 0 Å². The Morgan fingerprint density at radius 2 is 1.44 bits per heavy atom. The average molecular weight is 277 g/mol. The largest absolute Gasteiger partial charge is 0.340 e. The molecule has 0 aromatic carbocycles. The van der Waals surface area contributed by atoms with E-state index in [1.165, 1.54) is 0 Å². The molecule has 2 aliphatic rings. The first-order valence-corrected chi connectivity index (χ1v) is 6.28. The Bertz CT molecular complexity index is 348. The number of halogens is 1. The minimum atomic E-state index is -0.679. The van der Waals surface area contributed by atoms with E-state index in [1.54, 1.807) is 0 Å². The molecule has 2 heterocycles. The second kappa shape index (κ2) is 4.09. The number of hydrogen-bond acceptors (Lipinski definition) is 3. The summed E-state index contributed by atoms with van der Waals surface area (Å²) in [5, 5.41) is 6.51. The van der Waals surface area contributed by atoms with Gasteiger partial charge in [-0.2, -0.15) is 0 Å². The molecule has 0 radical (unpaired) electrons. The number of nitrogens with one attached hydrogen (secondary N) is 2. The Kier molecular flexibility index (Phi) is 3.57. The predicted octanol–water partition coefficient (Wildman–Crippen LogP) is 1.97. The van der Waals surface area contributed by atoms with Crippen LogP contribution in [0.15, 0.2) is 0 Å². The fourth-order valence-electron chi connectivity index (χ4n) is 3.68. The molecular formula is C13H25ClN2O2. The molecule has 2 fully saturated rings. The summed E-state index contributed by atoms with van der Waals surface area (Å²) < 4.78 is 6.06. The van der Waals surface area contributed by atoms with Gasteiger partial charge in [-0.25, -0.2) is 0 Å². The van der Waals surface area contributed by atoms with Crippen LogP contribution in [0.2, 0.25) is 0 Å². The molecule has 0 aliphatic carbocycles. The maximum Gasteiger partial charge on any atom is 0.254 e. The Morgan fingerprint density at radius 1 is 1.00 bits per heavy atom. The van der Waals surface area contributed by atoms with Crippen LogP contribution in [0.3, 0.4) is 0 Å². The summed E-state index contributed by atoms with van der Waals surface area (Å²) in [5.74, 6) is 0.0325. The third-order valence-electron chi connectivity index (χ3n) is 3.41. The Labute approximate surface area is 116 Å². The molecule has 2 aliphatic heterocycles. The lowest BCUT2D eigenvalue weighted by atomic mass is 9.72. The van der Waals surface area contributed by atoms with Crippen LogP contribution in [0.5, 0.6) is 0 Å². The standard InChI is InChI=1S/C13H24N2O2.ClH/c1-10(2)7-13(8-11(3,4)15-10)9(16)14-12(5,6)17-13;/h15H,7-8H2,1-6H3,(H,14,16);1H. The van der Waals surface area contributed by atoms with Crippen LogP contribution < -0.4 is 10.6 Å². The summed E-state index contributed by atoms with van der Waals surface area (Å²) in [6.07, 6.45) is 1.41. The molecule has 0 aromatic heterocycles. The molecule has 4 nitrogen and oxygen atoms in total. The number of hydrogen-bond donors (Lipinski definition) is 2. The highest BCUT2D eigenvalue weighted by atomic mass is 35.5. The summed E-state index contributed by atoms with van der Waals surface area (Å²) >= 11 is 0. The van der Waals surface area contributed by atoms with Crippen LogP contribution in [0.25, 0.3) is 0 Å². The van der Waals surface area contributed by atoms with Gasteiger partial charge in [0.25, 0.3) is 5.91 Å². The van der Waals surface area contributed by atoms with E-state index in [4.69, 9.17) is 4.74 Å². The van der Waals surface area contributed by atoms with Gasteiger partial charge in [0, 0.05) is 23.9 Å². The van der Waals surface area contributed by atoms with E-state index < -0.39 is 11.3 Å². The number of amides is 1. The average Bonchev–Trinajstić information content (AvgIpc) is 2.11. The number of piperidine rings is 1.